The molecule has 0 aliphatic carbocycles. The zero-order valence-electron chi connectivity index (χ0n) is 10.7. The SMILES string of the molecule is Cc1cccnc1-c1ccc2cnc(CN)cc2n1. The summed E-state index contributed by atoms with van der Waals surface area (Å²) in [5.74, 6) is 0. The van der Waals surface area contributed by atoms with Crippen molar-refractivity contribution in [2.24, 2.45) is 5.73 Å². The van der Waals surface area contributed by atoms with Crippen LogP contribution in [0.3, 0.4) is 0 Å². The maximum Gasteiger partial charge on any atom is 0.0915 e. The molecule has 19 heavy (non-hydrogen) atoms. The van der Waals surface area contributed by atoms with Gasteiger partial charge in [-0.3, -0.25) is 9.97 Å². The molecule has 4 nitrogen and oxygen atoms in total. The normalized spacial score (nSPS) is 10.8. The summed E-state index contributed by atoms with van der Waals surface area (Å²) in [5.41, 5.74) is 10.3. The zero-order valence-corrected chi connectivity index (χ0v) is 10.7. The quantitative estimate of drug-likeness (QED) is 0.758. The molecule has 0 unspecified atom stereocenters. The minimum absolute atomic E-state index is 0.421. The van der Waals surface area contributed by atoms with Crippen LogP contribution in [0.4, 0.5) is 0 Å². The van der Waals surface area contributed by atoms with Crippen molar-refractivity contribution >= 4 is 10.9 Å². The molecule has 3 rings (SSSR count). The van der Waals surface area contributed by atoms with Crippen LogP contribution in [0.25, 0.3) is 22.3 Å². The summed E-state index contributed by atoms with van der Waals surface area (Å²) < 4.78 is 0. The second kappa shape index (κ2) is 4.74. The fourth-order valence-corrected chi connectivity index (χ4v) is 2.06. The van der Waals surface area contributed by atoms with Crippen LogP contribution in [-0.2, 0) is 6.54 Å². The number of rotatable bonds is 2. The van der Waals surface area contributed by atoms with E-state index in [1.807, 2.05) is 37.3 Å². The topological polar surface area (TPSA) is 64.7 Å². The van der Waals surface area contributed by atoms with Gasteiger partial charge in [0.15, 0.2) is 0 Å². The molecule has 0 aliphatic heterocycles. The Morgan fingerprint density at radius 1 is 1.16 bits per heavy atom. The second-order valence-electron chi connectivity index (χ2n) is 4.44. The number of aryl methyl sites for hydroxylation is 1. The number of hydrogen-bond donors (Lipinski definition) is 1. The van der Waals surface area contributed by atoms with Gasteiger partial charge in [0.2, 0.25) is 0 Å². The minimum atomic E-state index is 0.421. The predicted octanol–water partition coefficient (Wildman–Crippen LogP) is 2.46. The fraction of sp³-hybridized carbons (Fsp3) is 0.133. The molecule has 0 atom stereocenters. The number of nitrogens with zero attached hydrogens (tertiary/aromatic N) is 3. The lowest BCUT2D eigenvalue weighted by atomic mass is 10.1. The van der Waals surface area contributed by atoms with Crippen molar-refractivity contribution in [2.75, 3.05) is 0 Å². The molecule has 0 radical (unpaired) electrons. The monoisotopic (exact) mass is 250 g/mol. The molecule has 3 heterocycles. The van der Waals surface area contributed by atoms with E-state index < -0.39 is 0 Å². The Bertz CT molecular complexity index is 737. The second-order valence-corrected chi connectivity index (χ2v) is 4.44. The highest BCUT2D eigenvalue weighted by atomic mass is 14.8. The van der Waals surface area contributed by atoms with Gasteiger partial charge >= 0.3 is 0 Å². The summed E-state index contributed by atoms with van der Waals surface area (Å²) in [4.78, 5) is 13.3. The molecule has 0 bridgehead atoms. The number of hydrogen-bond acceptors (Lipinski definition) is 4. The van der Waals surface area contributed by atoms with E-state index in [1.165, 1.54) is 0 Å². The third-order valence-electron chi connectivity index (χ3n) is 3.09. The molecule has 0 aromatic carbocycles. The summed E-state index contributed by atoms with van der Waals surface area (Å²) in [6, 6.07) is 9.88. The summed E-state index contributed by atoms with van der Waals surface area (Å²) >= 11 is 0. The predicted molar refractivity (Wildman–Crippen MR) is 75.4 cm³/mol. The third kappa shape index (κ3) is 2.18. The van der Waals surface area contributed by atoms with Gasteiger partial charge in [0.1, 0.15) is 0 Å². The summed E-state index contributed by atoms with van der Waals surface area (Å²) in [5, 5.41) is 1.01. The van der Waals surface area contributed by atoms with Gasteiger partial charge in [-0.1, -0.05) is 6.07 Å². The van der Waals surface area contributed by atoms with Gasteiger partial charge in [0, 0.05) is 24.3 Å². The lowest BCUT2D eigenvalue weighted by Crippen LogP contribution is -1.99. The van der Waals surface area contributed by atoms with Crippen LogP contribution in [0.15, 0.2) is 42.7 Å². The van der Waals surface area contributed by atoms with Gasteiger partial charge < -0.3 is 5.73 Å². The van der Waals surface area contributed by atoms with Gasteiger partial charge in [-0.25, -0.2) is 4.98 Å². The molecule has 2 N–H and O–H groups in total. The molecule has 0 aliphatic rings. The molecule has 0 saturated carbocycles. The van der Waals surface area contributed by atoms with Crippen molar-refractivity contribution in [3.8, 4) is 11.4 Å². The van der Waals surface area contributed by atoms with Gasteiger partial charge in [-0.2, -0.15) is 0 Å². The number of nitrogens with two attached hydrogens (primary N) is 1. The largest absolute Gasteiger partial charge is 0.325 e. The average molecular weight is 250 g/mol. The van der Waals surface area contributed by atoms with E-state index in [-0.39, 0.29) is 0 Å². The van der Waals surface area contributed by atoms with E-state index in [4.69, 9.17) is 5.73 Å². The van der Waals surface area contributed by atoms with E-state index >= 15 is 0 Å². The maximum absolute atomic E-state index is 5.61. The molecule has 4 heteroatoms. The standard InChI is InChI=1S/C15H14N4/c1-10-3-2-6-17-15(10)13-5-4-11-9-18-12(8-16)7-14(11)19-13/h2-7,9H,8,16H2,1H3. The Hall–Kier alpha value is -2.33. The first-order valence-corrected chi connectivity index (χ1v) is 6.15. The Kier molecular flexibility index (Phi) is 2.93. The molecule has 3 aromatic heterocycles. The Morgan fingerprint density at radius 3 is 2.84 bits per heavy atom. The number of fused-ring (bicyclic) bond motifs is 1. The summed E-state index contributed by atoms with van der Waals surface area (Å²) in [6.45, 7) is 2.45. The molecule has 0 amide bonds. The fourth-order valence-electron chi connectivity index (χ4n) is 2.06. The van der Waals surface area contributed by atoms with Crippen LogP contribution >= 0.6 is 0 Å². The highest BCUT2D eigenvalue weighted by Crippen LogP contribution is 2.21. The third-order valence-corrected chi connectivity index (χ3v) is 3.09. The van der Waals surface area contributed by atoms with E-state index in [2.05, 4.69) is 15.0 Å². The van der Waals surface area contributed by atoms with Crippen LogP contribution in [0.5, 0.6) is 0 Å². The van der Waals surface area contributed by atoms with Crippen LogP contribution in [-0.4, -0.2) is 15.0 Å². The van der Waals surface area contributed by atoms with Crippen molar-refractivity contribution in [3.05, 3.63) is 54.0 Å². The first-order valence-electron chi connectivity index (χ1n) is 6.15. The van der Waals surface area contributed by atoms with E-state index in [9.17, 15) is 0 Å². The zero-order chi connectivity index (χ0) is 13.2. The lowest BCUT2D eigenvalue weighted by Gasteiger charge is -2.06. The van der Waals surface area contributed by atoms with Gasteiger partial charge in [-0.05, 0) is 36.8 Å². The summed E-state index contributed by atoms with van der Waals surface area (Å²) in [7, 11) is 0. The van der Waals surface area contributed by atoms with Crippen molar-refractivity contribution in [1.82, 2.24) is 15.0 Å². The smallest absolute Gasteiger partial charge is 0.0915 e. The van der Waals surface area contributed by atoms with Crippen molar-refractivity contribution in [2.45, 2.75) is 13.5 Å². The van der Waals surface area contributed by atoms with E-state index in [1.54, 1.807) is 12.4 Å². The average Bonchev–Trinajstić information content (AvgIpc) is 2.46. The lowest BCUT2D eigenvalue weighted by molar-refractivity contribution is 0.996. The molecule has 94 valence electrons. The van der Waals surface area contributed by atoms with Gasteiger partial charge in [0.25, 0.3) is 0 Å². The van der Waals surface area contributed by atoms with E-state index in [0.717, 1.165) is 33.5 Å². The summed E-state index contributed by atoms with van der Waals surface area (Å²) in [6.07, 6.45) is 3.59. The first kappa shape index (κ1) is 11.7. The van der Waals surface area contributed by atoms with Gasteiger partial charge in [0.05, 0.1) is 22.6 Å². The van der Waals surface area contributed by atoms with Crippen LogP contribution in [0.1, 0.15) is 11.3 Å². The van der Waals surface area contributed by atoms with Gasteiger partial charge in [-0.15, -0.1) is 0 Å². The van der Waals surface area contributed by atoms with Crippen molar-refractivity contribution < 1.29 is 0 Å². The molecular weight excluding hydrogens is 236 g/mol. The van der Waals surface area contributed by atoms with E-state index in [0.29, 0.717) is 6.54 Å². The Morgan fingerprint density at radius 2 is 2.05 bits per heavy atom. The molecule has 0 fully saturated rings. The highest BCUT2D eigenvalue weighted by Gasteiger charge is 2.06. The van der Waals surface area contributed by atoms with Crippen LogP contribution in [0, 0.1) is 6.92 Å². The first-order chi connectivity index (χ1) is 9.28. The molecule has 0 spiro atoms. The van der Waals surface area contributed by atoms with Crippen molar-refractivity contribution in [3.63, 3.8) is 0 Å². The Balaban J connectivity index is 2.18. The minimum Gasteiger partial charge on any atom is -0.325 e. The molecular formula is C15H14N4. The Labute approximate surface area is 111 Å². The number of aromatic nitrogens is 3. The highest BCUT2D eigenvalue weighted by molar-refractivity contribution is 5.80. The molecule has 3 aromatic rings. The van der Waals surface area contributed by atoms with Crippen molar-refractivity contribution in [1.29, 1.82) is 0 Å². The van der Waals surface area contributed by atoms with Crippen LogP contribution in [0.2, 0.25) is 0 Å². The molecule has 0 saturated heterocycles. The number of pyridine rings is 3. The maximum atomic E-state index is 5.61. The van der Waals surface area contributed by atoms with Crippen LogP contribution < -0.4 is 5.73 Å².